The minimum absolute atomic E-state index is 0.00709. The molecule has 1 aromatic rings. The number of methoxy groups -OCH3 is 1. The number of ketones is 1. The van der Waals surface area contributed by atoms with Gasteiger partial charge in [0.25, 0.3) is 0 Å². The van der Waals surface area contributed by atoms with E-state index in [1.807, 2.05) is 20.8 Å². The lowest BCUT2D eigenvalue weighted by molar-refractivity contribution is -0.209. The Labute approximate surface area is 176 Å². The molecule has 0 bridgehead atoms. The second-order valence-electron chi connectivity index (χ2n) is 9.38. The Kier molecular flexibility index (Phi) is 5.29. The van der Waals surface area contributed by atoms with Crippen LogP contribution < -0.4 is 0 Å². The standard InChI is InChI=1S/C23H30O7/c1-5-29-16-10-15(20(25)27-4)22(2)8-6-14-21(26)30-17(13-7-9-28-12-13)11-23(14,3)19(22)18(16)24/h7,9,12,14-17,19H,5-6,8,10-11H2,1-4H3/t14-,15-,16+,17+,19-,22-,23-/m0/s1. The van der Waals surface area contributed by atoms with Gasteiger partial charge in [0.2, 0.25) is 0 Å². The fraction of sp³-hybridized carbons (Fsp3) is 0.696. The van der Waals surface area contributed by atoms with E-state index >= 15 is 0 Å². The lowest BCUT2D eigenvalue weighted by atomic mass is 9.43. The Balaban J connectivity index is 1.79. The SMILES string of the molecule is CCO[C@@H]1C[C@@H](C(=O)OC)[C@]2(C)CC[C@H]3C(=O)O[C@@H](c4ccoc4)C[C@]3(C)[C@H]2C1=O. The molecule has 4 rings (SSSR count). The van der Waals surface area contributed by atoms with Gasteiger partial charge in [-0.1, -0.05) is 13.8 Å². The first-order chi connectivity index (χ1) is 14.3. The van der Waals surface area contributed by atoms with E-state index < -0.39 is 34.9 Å². The van der Waals surface area contributed by atoms with Crippen LogP contribution in [0.2, 0.25) is 0 Å². The van der Waals surface area contributed by atoms with E-state index in [-0.39, 0.29) is 23.6 Å². The number of fused-ring (bicyclic) bond motifs is 3. The third-order valence-electron chi connectivity index (χ3n) is 7.87. The quantitative estimate of drug-likeness (QED) is 0.691. The van der Waals surface area contributed by atoms with Gasteiger partial charge >= 0.3 is 11.9 Å². The Bertz CT molecular complexity index is 831. The van der Waals surface area contributed by atoms with Crippen LogP contribution in [0.15, 0.2) is 23.0 Å². The van der Waals surface area contributed by atoms with Gasteiger partial charge in [0.15, 0.2) is 5.78 Å². The van der Waals surface area contributed by atoms with Crippen LogP contribution in [0.1, 0.15) is 58.1 Å². The molecule has 3 aliphatic rings. The molecule has 7 atom stereocenters. The van der Waals surface area contributed by atoms with Crippen LogP contribution in [0.5, 0.6) is 0 Å². The van der Waals surface area contributed by atoms with Gasteiger partial charge in [-0.25, -0.2) is 0 Å². The van der Waals surface area contributed by atoms with Crippen molar-refractivity contribution in [2.24, 2.45) is 28.6 Å². The van der Waals surface area contributed by atoms with E-state index in [1.54, 1.807) is 18.6 Å². The van der Waals surface area contributed by atoms with Crippen molar-refractivity contribution in [1.82, 2.24) is 0 Å². The van der Waals surface area contributed by atoms with Crippen molar-refractivity contribution in [2.75, 3.05) is 13.7 Å². The average molecular weight is 418 g/mol. The lowest BCUT2D eigenvalue weighted by Gasteiger charge is -2.61. The minimum Gasteiger partial charge on any atom is -0.472 e. The molecule has 7 heteroatoms. The molecule has 1 saturated heterocycles. The first kappa shape index (κ1) is 21.1. The number of furan rings is 1. The molecule has 0 spiro atoms. The summed E-state index contributed by atoms with van der Waals surface area (Å²) < 4.78 is 21.8. The molecule has 2 aliphatic carbocycles. The van der Waals surface area contributed by atoms with Crippen LogP contribution in [0.4, 0.5) is 0 Å². The third-order valence-corrected chi connectivity index (χ3v) is 7.87. The maximum Gasteiger partial charge on any atom is 0.310 e. The number of hydrogen-bond acceptors (Lipinski definition) is 7. The average Bonchev–Trinajstić information content (AvgIpc) is 3.23. The Hall–Kier alpha value is -2.15. The number of Topliss-reactive ketones (excluding diaryl/α,β-unsaturated/α-hetero) is 1. The van der Waals surface area contributed by atoms with E-state index in [0.717, 1.165) is 5.56 Å². The van der Waals surface area contributed by atoms with Crippen LogP contribution in [0.3, 0.4) is 0 Å². The van der Waals surface area contributed by atoms with Gasteiger partial charge in [0, 0.05) is 18.1 Å². The van der Waals surface area contributed by atoms with Crippen LogP contribution >= 0.6 is 0 Å². The van der Waals surface area contributed by atoms with E-state index in [9.17, 15) is 14.4 Å². The second kappa shape index (κ2) is 7.52. The van der Waals surface area contributed by atoms with Gasteiger partial charge in [0.05, 0.1) is 31.5 Å². The number of cyclic esters (lactones) is 1. The first-order valence-electron chi connectivity index (χ1n) is 10.7. The van der Waals surface area contributed by atoms with E-state index in [1.165, 1.54) is 7.11 Å². The van der Waals surface area contributed by atoms with Gasteiger partial charge < -0.3 is 18.6 Å². The zero-order valence-corrected chi connectivity index (χ0v) is 18.0. The van der Waals surface area contributed by atoms with Crippen molar-refractivity contribution in [1.29, 1.82) is 0 Å². The molecule has 3 fully saturated rings. The number of rotatable bonds is 4. The van der Waals surface area contributed by atoms with Gasteiger partial charge in [-0.05, 0) is 49.5 Å². The number of carbonyl (C=O) groups is 3. The summed E-state index contributed by atoms with van der Waals surface area (Å²) in [5, 5.41) is 0. The monoisotopic (exact) mass is 418 g/mol. The summed E-state index contributed by atoms with van der Waals surface area (Å²) in [5.41, 5.74) is -0.463. The molecule has 1 aromatic heterocycles. The fourth-order valence-electron chi connectivity index (χ4n) is 6.51. The molecular weight excluding hydrogens is 388 g/mol. The fourth-order valence-corrected chi connectivity index (χ4v) is 6.51. The number of carbonyl (C=O) groups excluding carboxylic acids is 3. The van der Waals surface area contributed by atoms with Gasteiger partial charge in [-0.3, -0.25) is 14.4 Å². The number of esters is 2. The van der Waals surface area contributed by atoms with Crippen LogP contribution in [0, 0.1) is 28.6 Å². The highest BCUT2D eigenvalue weighted by atomic mass is 16.5. The summed E-state index contributed by atoms with van der Waals surface area (Å²) in [6, 6.07) is 1.78. The highest BCUT2D eigenvalue weighted by Gasteiger charge is 2.67. The summed E-state index contributed by atoms with van der Waals surface area (Å²) in [6.07, 6.45) is 3.98. The van der Waals surface area contributed by atoms with E-state index in [0.29, 0.717) is 32.3 Å². The Morgan fingerprint density at radius 1 is 1.27 bits per heavy atom. The molecule has 0 amide bonds. The van der Waals surface area contributed by atoms with Gasteiger partial charge in [-0.15, -0.1) is 0 Å². The van der Waals surface area contributed by atoms with E-state index in [2.05, 4.69) is 0 Å². The zero-order chi connectivity index (χ0) is 21.7. The van der Waals surface area contributed by atoms with Crippen molar-refractivity contribution in [3.8, 4) is 0 Å². The zero-order valence-electron chi connectivity index (χ0n) is 18.0. The topological polar surface area (TPSA) is 92.0 Å². The Morgan fingerprint density at radius 3 is 2.67 bits per heavy atom. The van der Waals surface area contributed by atoms with Crippen molar-refractivity contribution in [3.63, 3.8) is 0 Å². The molecule has 0 aromatic carbocycles. The highest BCUT2D eigenvalue weighted by Crippen LogP contribution is 2.65. The highest BCUT2D eigenvalue weighted by molar-refractivity contribution is 5.92. The second-order valence-corrected chi connectivity index (χ2v) is 9.38. The maximum atomic E-state index is 13.7. The summed E-state index contributed by atoms with van der Waals surface area (Å²) >= 11 is 0. The summed E-state index contributed by atoms with van der Waals surface area (Å²) in [5.74, 6) is -1.94. The molecular formula is C23H30O7. The van der Waals surface area contributed by atoms with Crippen molar-refractivity contribution in [2.45, 2.75) is 58.7 Å². The summed E-state index contributed by atoms with van der Waals surface area (Å²) in [6.45, 7) is 6.24. The molecule has 164 valence electrons. The predicted molar refractivity (Wildman–Crippen MR) is 105 cm³/mol. The summed E-state index contributed by atoms with van der Waals surface area (Å²) in [4.78, 5) is 39.5. The maximum absolute atomic E-state index is 13.7. The molecule has 1 aliphatic heterocycles. The third kappa shape index (κ3) is 3.01. The normalized spacial score (nSPS) is 40.9. The molecule has 7 nitrogen and oxygen atoms in total. The first-order valence-corrected chi connectivity index (χ1v) is 10.7. The van der Waals surface area contributed by atoms with Crippen LogP contribution in [0.25, 0.3) is 0 Å². The number of ether oxygens (including phenoxy) is 3. The lowest BCUT2D eigenvalue weighted by Crippen LogP contribution is -2.64. The predicted octanol–water partition coefficient (Wildman–Crippen LogP) is 3.47. The summed E-state index contributed by atoms with van der Waals surface area (Å²) in [7, 11) is 1.38. The number of hydrogen-bond donors (Lipinski definition) is 0. The Morgan fingerprint density at radius 2 is 2.03 bits per heavy atom. The smallest absolute Gasteiger partial charge is 0.310 e. The minimum atomic E-state index is -0.668. The van der Waals surface area contributed by atoms with E-state index in [4.69, 9.17) is 18.6 Å². The molecule has 0 unspecified atom stereocenters. The largest absolute Gasteiger partial charge is 0.472 e. The van der Waals surface area contributed by atoms with Gasteiger partial charge in [0.1, 0.15) is 12.2 Å². The molecule has 30 heavy (non-hydrogen) atoms. The van der Waals surface area contributed by atoms with Crippen molar-refractivity contribution < 1.29 is 33.0 Å². The van der Waals surface area contributed by atoms with Crippen molar-refractivity contribution >= 4 is 17.7 Å². The molecule has 0 radical (unpaired) electrons. The van der Waals surface area contributed by atoms with Gasteiger partial charge in [-0.2, -0.15) is 0 Å². The molecule has 2 saturated carbocycles. The van der Waals surface area contributed by atoms with Crippen molar-refractivity contribution in [3.05, 3.63) is 24.2 Å². The van der Waals surface area contributed by atoms with Crippen LogP contribution in [-0.4, -0.2) is 37.5 Å². The molecule has 2 heterocycles. The van der Waals surface area contributed by atoms with Crippen LogP contribution in [-0.2, 0) is 28.6 Å². The molecule has 0 N–H and O–H groups in total.